The van der Waals surface area contributed by atoms with Crippen LogP contribution in [0.25, 0.3) is 0 Å². The van der Waals surface area contributed by atoms with Crippen molar-refractivity contribution in [3.8, 4) is 5.75 Å². The van der Waals surface area contributed by atoms with Crippen LogP contribution in [0, 0.1) is 0 Å². The average molecular weight is 448 g/mol. The Morgan fingerprint density at radius 2 is 1.68 bits per heavy atom. The van der Waals surface area contributed by atoms with Gasteiger partial charge in [-0.1, -0.05) is 37.6 Å². The van der Waals surface area contributed by atoms with Crippen molar-refractivity contribution in [1.82, 2.24) is 4.72 Å². The molecule has 0 spiro atoms. The Balaban J connectivity index is 2.10. The molecule has 0 bridgehead atoms. The molecule has 0 unspecified atom stereocenters. The number of aryl methyl sites for hydroxylation is 1. The molecule has 0 heterocycles. The Morgan fingerprint density at radius 1 is 1.03 bits per heavy atom. The van der Waals surface area contributed by atoms with E-state index in [1.54, 1.807) is 26.0 Å². The molecular weight excluding hydrogens is 418 g/mol. The highest BCUT2D eigenvalue weighted by Gasteiger charge is 2.23. The average Bonchev–Trinajstić information content (AvgIpc) is 2.74. The third-order valence-corrected chi connectivity index (χ3v) is 6.19. The van der Waals surface area contributed by atoms with Gasteiger partial charge < -0.3 is 9.47 Å². The van der Waals surface area contributed by atoms with E-state index < -0.39 is 22.6 Å². The molecule has 2 rings (SSSR count). The normalized spacial score (nSPS) is 11.4. The minimum absolute atomic E-state index is 0.00708. The lowest BCUT2D eigenvalue weighted by atomic mass is 10.0. The maximum Gasteiger partial charge on any atom is 0.338 e. The summed E-state index contributed by atoms with van der Waals surface area (Å²) in [5.41, 5.74) is 1.61. The summed E-state index contributed by atoms with van der Waals surface area (Å²) < 4.78 is 37.8. The molecule has 0 aromatic heterocycles. The molecule has 0 aliphatic carbocycles. The van der Waals surface area contributed by atoms with E-state index in [0.29, 0.717) is 5.56 Å². The Morgan fingerprint density at radius 3 is 2.26 bits per heavy atom. The predicted octanol–water partition coefficient (Wildman–Crippen LogP) is 3.76. The van der Waals surface area contributed by atoms with Crippen LogP contribution in [0.5, 0.6) is 5.75 Å². The maximum atomic E-state index is 12.5. The minimum atomic E-state index is -3.89. The highest BCUT2D eigenvalue weighted by molar-refractivity contribution is 7.89. The molecular formula is C23H29NO6S. The molecule has 0 fully saturated rings. The summed E-state index contributed by atoms with van der Waals surface area (Å²) >= 11 is 0. The fourth-order valence-electron chi connectivity index (χ4n) is 2.92. The standard InChI is InChI=1S/C23H29NO6S/c1-5-6-7-17-8-10-18(11-9-17)20(25)15-30-23(26)19-12-13-21(29-4)22(14-19)31(27,28)24-16(2)3/h8-14,16,24H,5-7,15H2,1-4H3. The number of hydrogen-bond donors (Lipinski definition) is 1. The van der Waals surface area contributed by atoms with Crippen LogP contribution >= 0.6 is 0 Å². The van der Waals surface area contributed by atoms with E-state index in [1.165, 1.54) is 25.3 Å². The zero-order valence-electron chi connectivity index (χ0n) is 18.3. The Kier molecular flexibility index (Phi) is 8.76. The van der Waals surface area contributed by atoms with Gasteiger partial charge in [-0.2, -0.15) is 0 Å². The van der Waals surface area contributed by atoms with Gasteiger partial charge in [0.25, 0.3) is 0 Å². The molecule has 0 aliphatic rings. The van der Waals surface area contributed by atoms with Gasteiger partial charge in [0.15, 0.2) is 12.4 Å². The Bertz CT molecular complexity index is 1010. The second kappa shape index (κ2) is 11.1. The first-order chi connectivity index (χ1) is 14.7. The topological polar surface area (TPSA) is 98.8 Å². The summed E-state index contributed by atoms with van der Waals surface area (Å²) in [5.74, 6) is -1.03. The van der Waals surface area contributed by atoms with Gasteiger partial charge in [0, 0.05) is 11.6 Å². The quantitative estimate of drug-likeness (QED) is 0.416. The van der Waals surface area contributed by atoms with E-state index in [9.17, 15) is 18.0 Å². The third kappa shape index (κ3) is 6.90. The molecule has 0 aliphatic heterocycles. The number of Topliss-reactive ketones (excluding diaryl/α,β-unsaturated/α-hetero) is 1. The van der Waals surface area contributed by atoms with Gasteiger partial charge in [-0.25, -0.2) is 17.9 Å². The number of unbranched alkanes of at least 4 members (excludes halogenated alkanes) is 1. The number of rotatable bonds is 11. The van der Waals surface area contributed by atoms with Gasteiger partial charge in [0.1, 0.15) is 10.6 Å². The maximum absolute atomic E-state index is 12.5. The molecule has 7 nitrogen and oxygen atoms in total. The van der Waals surface area contributed by atoms with Crippen molar-refractivity contribution in [3.63, 3.8) is 0 Å². The van der Waals surface area contributed by atoms with Crippen molar-refractivity contribution in [2.24, 2.45) is 0 Å². The van der Waals surface area contributed by atoms with Gasteiger partial charge in [-0.3, -0.25) is 4.79 Å². The molecule has 8 heteroatoms. The van der Waals surface area contributed by atoms with Crippen molar-refractivity contribution in [1.29, 1.82) is 0 Å². The second-order valence-corrected chi connectivity index (χ2v) is 9.12. The lowest BCUT2D eigenvalue weighted by molar-refractivity contribution is 0.0474. The van der Waals surface area contributed by atoms with Crippen molar-refractivity contribution >= 4 is 21.8 Å². The summed E-state index contributed by atoms with van der Waals surface area (Å²) in [6, 6.07) is 10.8. The fraction of sp³-hybridized carbons (Fsp3) is 0.391. The Hall–Kier alpha value is -2.71. The number of carbonyl (C=O) groups excluding carboxylic acids is 2. The predicted molar refractivity (Wildman–Crippen MR) is 118 cm³/mol. The summed E-state index contributed by atoms with van der Waals surface area (Å²) in [5, 5.41) is 0. The molecule has 2 aromatic carbocycles. The first-order valence-corrected chi connectivity index (χ1v) is 11.7. The van der Waals surface area contributed by atoms with Gasteiger partial charge >= 0.3 is 5.97 Å². The summed E-state index contributed by atoms with van der Waals surface area (Å²) in [6.45, 7) is 5.05. The molecule has 31 heavy (non-hydrogen) atoms. The van der Waals surface area contributed by atoms with Crippen LogP contribution in [0.15, 0.2) is 47.4 Å². The number of sulfonamides is 1. The van der Waals surface area contributed by atoms with E-state index in [1.807, 2.05) is 12.1 Å². The molecule has 2 aromatic rings. The van der Waals surface area contributed by atoms with E-state index in [-0.39, 0.29) is 28.0 Å². The highest BCUT2D eigenvalue weighted by atomic mass is 32.2. The van der Waals surface area contributed by atoms with Gasteiger partial charge in [-0.05, 0) is 50.5 Å². The molecule has 0 radical (unpaired) electrons. The van der Waals surface area contributed by atoms with Gasteiger partial charge in [-0.15, -0.1) is 0 Å². The summed E-state index contributed by atoms with van der Waals surface area (Å²) in [4.78, 5) is 24.6. The molecule has 0 saturated heterocycles. The zero-order valence-corrected chi connectivity index (χ0v) is 19.1. The number of ketones is 1. The van der Waals surface area contributed by atoms with Crippen LogP contribution in [-0.2, 0) is 21.2 Å². The fourth-order valence-corrected chi connectivity index (χ4v) is 4.37. The monoisotopic (exact) mass is 447 g/mol. The number of hydrogen-bond acceptors (Lipinski definition) is 6. The van der Waals surface area contributed by atoms with Crippen LogP contribution in [-0.4, -0.2) is 39.9 Å². The van der Waals surface area contributed by atoms with Gasteiger partial charge in [0.2, 0.25) is 10.0 Å². The van der Waals surface area contributed by atoms with E-state index in [4.69, 9.17) is 9.47 Å². The molecule has 0 amide bonds. The highest BCUT2D eigenvalue weighted by Crippen LogP contribution is 2.25. The number of methoxy groups -OCH3 is 1. The first kappa shape index (κ1) is 24.6. The van der Waals surface area contributed by atoms with Crippen LogP contribution in [0.2, 0.25) is 0 Å². The third-order valence-electron chi connectivity index (χ3n) is 4.51. The molecule has 0 saturated carbocycles. The van der Waals surface area contributed by atoms with Crippen molar-refractivity contribution < 1.29 is 27.5 Å². The minimum Gasteiger partial charge on any atom is -0.495 e. The SMILES string of the molecule is CCCCc1ccc(C(=O)COC(=O)c2ccc(OC)c(S(=O)(=O)NC(C)C)c2)cc1. The molecule has 0 atom stereocenters. The first-order valence-electron chi connectivity index (χ1n) is 10.2. The number of benzene rings is 2. The summed E-state index contributed by atoms with van der Waals surface area (Å²) in [6.07, 6.45) is 3.13. The largest absolute Gasteiger partial charge is 0.495 e. The van der Waals surface area contributed by atoms with Crippen molar-refractivity contribution in [2.45, 2.75) is 51.0 Å². The van der Waals surface area contributed by atoms with Crippen LogP contribution in [0.4, 0.5) is 0 Å². The molecule has 168 valence electrons. The van der Waals surface area contributed by atoms with E-state index in [2.05, 4.69) is 11.6 Å². The lowest BCUT2D eigenvalue weighted by Crippen LogP contribution is -2.30. The number of esters is 1. The number of carbonyl (C=O) groups is 2. The van der Waals surface area contributed by atoms with Crippen molar-refractivity contribution in [3.05, 3.63) is 59.2 Å². The zero-order chi connectivity index (χ0) is 23.0. The van der Waals surface area contributed by atoms with Crippen LogP contribution in [0.3, 0.4) is 0 Å². The Labute approximate surface area is 183 Å². The van der Waals surface area contributed by atoms with Crippen LogP contribution < -0.4 is 9.46 Å². The number of nitrogens with one attached hydrogen (secondary N) is 1. The van der Waals surface area contributed by atoms with Crippen molar-refractivity contribution in [2.75, 3.05) is 13.7 Å². The van der Waals surface area contributed by atoms with Gasteiger partial charge in [0.05, 0.1) is 12.7 Å². The van der Waals surface area contributed by atoms with Crippen LogP contribution in [0.1, 0.15) is 59.9 Å². The molecule has 1 N–H and O–H groups in total. The second-order valence-electron chi connectivity index (χ2n) is 7.44. The smallest absolute Gasteiger partial charge is 0.338 e. The lowest BCUT2D eigenvalue weighted by Gasteiger charge is -2.14. The number of ether oxygens (including phenoxy) is 2. The van der Waals surface area contributed by atoms with E-state index in [0.717, 1.165) is 24.8 Å². The summed E-state index contributed by atoms with van der Waals surface area (Å²) in [7, 11) is -2.55. The van der Waals surface area contributed by atoms with E-state index >= 15 is 0 Å².